The Morgan fingerprint density at radius 3 is 2.72 bits per heavy atom. The predicted octanol–water partition coefficient (Wildman–Crippen LogP) is 1.02. The molecule has 1 aromatic heterocycles. The Bertz CT molecular complexity index is 391. The van der Waals surface area contributed by atoms with Gasteiger partial charge < -0.3 is 14.2 Å². The van der Waals surface area contributed by atoms with Gasteiger partial charge >= 0.3 is 0 Å². The van der Waals surface area contributed by atoms with Gasteiger partial charge in [-0.2, -0.15) is 5.10 Å². The molecule has 0 atom stereocenters. The highest BCUT2D eigenvalue weighted by molar-refractivity contribution is 4.84. The van der Waals surface area contributed by atoms with E-state index < -0.39 is 0 Å². The van der Waals surface area contributed by atoms with Crippen LogP contribution in [0.25, 0.3) is 0 Å². The number of hydrogen-bond acceptors (Lipinski definition) is 5. The Balaban J connectivity index is 1.47. The lowest BCUT2D eigenvalue weighted by atomic mass is 9.92. The van der Waals surface area contributed by atoms with E-state index in [1.807, 2.05) is 7.05 Å². The standard InChI is InChI=1S/C12H19N3O3/c1-15-11(13-9-14-15)8-16-10-2-4-12(5-3-10)17-6-7-18-12/h9-10H,2-8H2,1H3. The van der Waals surface area contributed by atoms with Crippen molar-refractivity contribution in [2.75, 3.05) is 13.2 Å². The van der Waals surface area contributed by atoms with E-state index in [4.69, 9.17) is 14.2 Å². The number of aromatic nitrogens is 3. The molecule has 1 aromatic rings. The van der Waals surface area contributed by atoms with Crippen LogP contribution in [0.3, 0.4) is 0 Å². The topological polar surface area (TPSA) is 58.4 Å². The van der Waals surface area contributed by atoms with E-state index in [1.165, 1.54) is 0 Å². The van der Waals surface area contributed by atoms with Gasteiger partial charge in [-0.1, -0.05) is 0 Å². The summed E-state index contributed by atoms with van der Waals surface area (Å²) in [5.41, 5.74) is 0. The lowest BCUT2D eigenvalue weighted by molar-refractivity contribution is -0.192. The zero-order valence-corrected chi connectivity index (χ0v) is 10.7. The number of ether oxygens (including phenoxy) is 3. The molecule has 0 unspecified atom stereocenters. The molecule has 1 aliphatic carbocycles. The van der Waals surface area contributed by atoms with E-state index in [2.05, 4.69) is 10.1 Å². The van der Waals surface area contributed by atoms with Crippen molar-refractivity contribution in [3.8, 4) is 0 Å². The lowest BCUT2D eigenvalue weighted by Crippen LogP contribution is -2.37. The fourth-order valence-electron chi connectivity index (χ4n) is 2.63. The maximum Gasteiger partial charge on any atom is 0.168 e. The molecule has 100 valence electrons. The first-order valence-corrected chi connectivity index (χ1v) is 6.50. The minimum atomic E-state index is -0.301. The molecule has 3 rings (SSSR count). The second-order valence-electron chi connectivity index (χ2n) is 4.92. The van der Waals surface area contributed by atoms with E-state index in [0.29, 0.717) is 6.61 Å². The van der Waals surface area contributed by atoms with Crippen LogP contribution in [0.1, 0.15) is 31.5 Å². The van der Waals surface area contributed by atoms with Crippen molar-refractivity contribution in [1.29, 1.82) is 0 Å². The number of nitrogens with zero attached hydrogens (tertiary/aromatic N) is 3. The number of aryl methyl sites for hydroxylation is 1. The largest absolute Gasteiger partial charge is 0.370 e. The highest BCUT2D eigenvalue weighted by atomic mass is 16.7. The summed E-state index contributed by atoms with van der Waals surface area (Å²) in [6.07, 6.45) is 5.65. The first kappa shape index (κ1) is 12.1. The van der Waals surface area contributed by atoms with Crippen molar-refractivity contribution in [2.45, 2.75) is 44.2 Å². The Hall–Kier alpha value is -0.980. The minimum absolute atomic E-state index is 0.278. The molecule has 2 aliphatic rings. The molecule has 0 N–H and O–H groups in total. The van der Waals surface area contributed by atoms with Crippen molar-refractivity contribution in [3.63, 3.8) is 0 Å². The highest BCUT2D eigenvalue weighted by Crippen LogP contribution is 2.36. The second-order valence-corrected chi connectivity index (χ2v) is 4.92. The van der Waals surface area contributed by atoms with Crippen molar-refractivity contribution in [2.24, 2.45) is 7.05 Å². The molecule has 1 aliphatic heterocycles. The fraction of sp³-hybridized carbons (Fsp3) is 0.833. The normalized spacial score (nSPS) is 23.8. The third-order valence-corrected chi connectivity index (χ3v) is 3.76. The van der Waals surface area contributed by atoms with Crippen molar-refractivity contribution < 1.29 is 14.2 Å². The summed E-state index contributed by atoms with van der Waals surface area (Å²) in [5.74, 6) is 0.564. The average molecular weight is 253 g/mol. The molecule has 6 nitrogen and oxygen atoms in total. The van der Waals surface area contributed by atoms with Gasteiger partial charge in [0.25, 0.3) is 0 Å². The van der Waals surface area contributed by atoms with Crippen molar-refractivity contribution >= 4 is 0 Å². The van der Waals surface area contributed by atoms with Gasteiger partial charge in [-0.25, -0.2) is 4.98 Å². The van der Waals surface area contributed by atoms with Gasteiger partial charge in [-0.3, -0.25) is 4.68 Å². The van der Waals surface area contributed by atoms with Crippen LogP contribution in [-0.2, 0) is 27.9 Å². The van der Waals surface area contributed by atoms with Crippen molar-refractivity contribution in [3.05, 3.63) is 12.2 Å². The maximum atomic E-state index is 5.88. The summed E-state index contributed by atoms with van der Waals surface area (Å²) in [7, 11) is 1.88. The summed E-state index contributed by atoms with van der Waals surface area (Å²) in [4.78, 5) is 4.15. The number of hydrogen-bond donors (Lipinski definition) is 0. The third-order valence-electron chi connectivity index (χ3n) is 3.76. The van der Waals surface area contributed by atoms with Crippen LogP contribution in [0.4, 0.5) is 0 Å². The first-order chi connectivity index (χ1) is 8.77. The summed E-state index contributed by atoms with van der Waals surface area (Å²) < 4.78 is 19.0. The van der Waals surface area contributed by atoms with Crippen LogP contribution in [0, 0.1) is 0 Å². The molecular weight excluding hydrogens is 234 g/mol. The van der Waals surface area contributed by atoms with E-state index >= 15 is 0 Å². The van der Waals surface area contributed by atoms with E-state index in [9.17, 15) is 0 Å². The first-order valence-electron chi connectivity index (χ1n) is 6.50. The summed E-state index contributed by atoms with van der Waals surface area (Å²) >= 11 is 0. The molecule has 2 heterocycles. The Labute approximate surface area is 106 Å². The Morgan fingerprint density at radius 2 is 2.11 bits per heavy atom. The summed E-state index contributed by atoms with van der Waals surface area (Å²) in [6, 6.07) is 0. The molecule has 0 bridgehead atoms. The van der Waals surface area contributed by atoms with Gasteiger partial charge in [0.1, 0.15) is 12.9 Å². The smallest absolute Gasteiger partial charge is 0.168 e. The van der Waals surface area contributed by atoms with Crippen LogP contribution in [0.2, 0.25) is 0 Å². The molecule has 0 amide bonds. The summed E-state index contributed by atoms with van der Waals surface area (Å²) in [6.45, 7) is 1.98. The van der Waals surface area contributed by atoms with Crippen molar-refractivity contribution in [1.82, 2.24) is 14.8 Å². The van der Waals surface area contributed by atoms with Gasteiger partial charge in [0.15, 0.2) is 11.6 Å². The van der Waals surface area contributed by atoms with Gasteiger partial charge in [-0.15, -0.1) is 0 Å². The zero-order chi connectivity index (χ0) is 12.4. The zero-order valence-electron chi connectivity index (χ0n) is 10.7. The quantitative estimate of drug-likeness (QED) is 0.805. The molecule has 0 radical (unpaired) electrons. The Kier molecular flexibility index (Phi) is 3.32. The molecule has 18 heavy (non-hydrogen) atoms. The minimum Gasteiger partial charge on any atom is -0.370 e. The third kappa shape index (κ3) is 2.41. The molecule has 6 heteroatoms. The van der Waals surface area contributed by atoms with Crippen LogP contribution < -0.4 is 0 Å². The van der Waals surface area contributed by atoms with Crippen LogP contribution in [-0.4, -0.2) is 39.9 Å². The molecule has 2 fully saturated rings. The van der Waals surface area contributed by atoms with E-state index in [0.717, 1.165) is 44.7 Å². The van der Waals surface area contributed by atoms with E-state index in [1.54, 1.807) is 11.0 Å². The van der Waals surface area contributed by atoms with Gasteiger partial charge in [0.2, 0.25) is 0 Å². The predicted molar refractivity (Wildman–Crippen MR) is 62.7 cm³/mol. The van der Waals surface area contributed by atoms with Crippen LogP contribution in [0.15, 0.2) is 6.33 Å². The van der Waals surface area contributed by atoms with Gasteiger partial charge in [0, 0.05) is 19.9 Å². The van der Waals surface area contributed by atoms with E-state index in [-0.39, 0.29) is 11.9 Å². The Morgan fingerprint density at radius 1 is 1.39 bits per heavy atom. The monoisotopic (exact) mass is 253 g/mol. The number of rotatable bonds is 3. The lowest BCUT2D eigenvalue weighted by Gasteiger charge is -2.35. The second kappa shape index (κ2) is 4.95. The SMILES string of the molecule is Cn1ncnc1COC1CCC2(CC1)OCCO2. The van der Waals surface area contributed by atoms with Gasteiger partial charge in [-0.05, 0) is 12.8 Å². The van der Waals surface area contributed by atoms with Gasteiger partial charge in [0.05, 0.1) is 19.3 Å². The molecule has 1 saturated heterocycles. The van der Waals surface area contributed by atoms with Crippen LogP contribution in [0.5, 0.6) is 0 Å². The molecular formula is C12H19N3O3. The average Bonchev–Trinajstić information content (AvgIpc) is 2.99. The molecule has 1 saturated carbocycles. The highest BCUT2D eigenvalue weighted by Gasteiger charge is 2.40. The molecule has 0 aromatic carbocycles. The fourth-order valence-corrected chi connectivity index (χ4v) is 2.63. The van der Waals surface area contributed by atoms with Crippen LogP contribution >= 0.6 is 0 Å². The molecule has 1 spiro atoms. The summed E-state index contributed by atoms with van der Waals surface area (Å²) in [5, 5.41) is 4.02. The maximum absolute atomic E-state index is 5.88.